The Labute approximate surface area is 148 Å². The molecule has 1 heterocycles. The van der Waals surface area contributed by atoms with Gasteiger partial charge in [-0.1, -0.05) is 24.3 Å². The maximum absolute atomic E-state index is 12.0. The lowest BCUT2D eigenvalue weighted by atomic mass is 10.1. The highest BCUT2D eigenvalue weighted by Gasteiger charge is 2.16. The molecule has 0 radical (unpaired) electrons. The van der Waals surface area contributed by atoms with E-state index in [1.165, 1.54) is 11.8 Å². The average molecular weight is 345 g/mol. The van der Waals surface area contributed by atoms with Gasteiger partial charge in [0, 0.05) is 25.6 Å². The van der Waals surface area contributed by atoms with Crippen molar-refractivity contribution in [2.24, 2.45) is 0 Å². The smallest absolute Gasteiger partial charge is 0.315 e. The number of aliphatic hydroxyl groups is 1. The van der Waals surface area contributed by atoms with Crippen molar-refractivity contribution in [3.8, 4) is 0 Å². The van der Waals surface area contributed by atoms with E-state index < -0.39 is 6.10 Å². The second-order valence-corrected chi connectivity index (χ2v) is 6.55. The van der Waals surface area contributed by atoms with Crippen LogP contribution in [0.25, 0.3) is 0 Å². The molecule has 0 spiro atoms. The highest BCUT2D eigenvalue weighted by Crippen LogP contribution is 2.18. The molecule has 0 saturated heterocycles. The quantitative estimate of drug-likeness (QED) is 0.687. The summed E-state index contributed by atoms with van der Waals surface area (Å²) < 4.78 is 5.16. The van der Waals surface area contributed by atoms with E-state index in [-0.39, 0.29) is 12.1 Å². The number of hydrogen-bond donors (Lipinski definition) is 3. The lowest BCUT2D eigenvalue weighted by Gasteiger charge is -2.17. The fourth-order valence-corrected chi connectivity index (χ4v) is 2.65. The summed E-state index contributed by atoms with van der Waals surface area (Å²) in [4.78, 5) is 14.1. The molecule has 0 bridgehead atoms. The zero-order valence-corrected chi connectivity index (χ0v) is 15.0. The van der Waals surface area contributed by atoms with Crippen molar-refractivity contribution in [1.82, 2.24) is 15.5 Å². The molecule has 25 heavy (non-hydrogen) atoms. The summed E-state index contributed by atoms with van der Waals surface area (Å²) in [6.45, 7) is 3.17. The third kappa shape index (κ3) is 6.60. The Morgan fingerprint density at radius 2 is 2.00 bits per heavy atom. The minimum absolute atomic E-state index is 0.180. The van der Waals surface area contributed by atoms with E-state index in [4.69, 9.17) is 4.42 Å². The number of carbonyl (C=O) groups excluding carboxylic acids is 1. The Morgan fingerprint density at radius 1 is 1.24 bits per heavy atom. The van der Waals surface area contributed by atoms with Gasteiger partial charge in [-0.15, -0.1) is 0 Å². The molecule has 0 saturated carbocycles. The largest absolute Gasteiger partial charge is 0.467 e. The summed E-state index contributed by atoms with van der Waals surface area (Å²) >= 11 is 0. The first-order chi connectivity index (χ1) is 11.9. The number of hydrogen-bond acceptors (Lipinski definition) is 4. The predicted molar refractivity (Wildman–Crippen MR) is 97.0 cm³/mol. The molecule has 3 N–H and O–H groups in total. The summed E-state index contributed by atoms with van der Waals surface area (Å²) in [5.41, 5.74) is 2.26. The number of carbonyl (C=O) groups is 1. The molecule has 2 rings (SSSR count). The average Bonchev–Trinajstić information content (AvgIpc) is 3.07. The van der Waals surface area contributed by atoms with Crippen LogP contribution in [0.3, 0.4) is 0 Å². The van der Waals surface area contributed by atoms with Gasteiger partial charge in [-0.3, -0.25) is 0 Å². The topological polar surface area (TPSA) is 77.7 Å². The Hall–Kier alpha value is -2.31. The van der Waals surface area contributed by atoms with Crippen LogP contribution in [0.15, 0.2) is 47.1 Å². The van der Waals surface area contributed by atoms with Crippen molar-refractivity contribution < 1.29 is 14.3 Å². The number of aliphatic hydroxyl groups excluding tert-OH is 1. The zero-order valence-electron chi connectivity index (χ0n) is 15.0. The monoisotopic (exact) mass is 345 g/mol. The van der Waals surface area contributed by atoms with Crippen LogP contribution in [0.1, 0.15) is 36.3 Å². The second-order valence-electron chi connectivity index (χ2n) is 6.55. The molecule has 2 atom stereocenters. The van der Waals surface area contributed by atoms with Gasteiger partial charge in [0.15, 0.2) is 0 Å². The normalized spacial score (nSPS) is 13.5. The van der Waals surface area contributed by atoms with Crippen LogP contribution in [0, 0.1) is 0 Å². The minimum atomic E-state index is -0.729. The summed E-state index contributed by atoms with van der Waals surface area (Å²) in [6.07, 6.45) is 1.18. The van der Waals surface area contributed by atoms with E-state index >= 15 is 0 Å². The molecule has 2 unspecified atom stereocenters. The Balaban J connectivity index is 1.76. The molecule has 136 valence electrons. The number of rotatable bonds is 8. The van der Waals surface area contributed by atoms with Crippen LogP contribution in [-0.2, 0) is 13.1 Å². The van der Waals surface area contributed by atoms with Crippen molar-refractivity contribution in [1.29, 1.82) is 0 Å². The van der Waals surface area contributed by atoms with E-state index in [9.17, 15) is 9.90 Å². The lowest BCUT2D eigenvalue weighted by molar-refractivity contribution is 0.129. The molecular formula is C19H27N3O3. The third-order valence-corrected chi connectivity index (χ3v) is 3.77. The number of amides is 2. The van der Waals surface area contributed by atoms with Crippen molar-refractivity contribution >= 4 is 6.03 Å². The second kappa shape index (κ2) is 9.25. The van der Waals surface area contributed by atoms with Crippen LogP contribution in [0.4, 0.5) is 4.79 Å². The van der Waals surface area contributed by atoms with Crippen LogP contribution in [0.5, 0.6) is 0 Å². The number of urea groups is 1. The Bertz CT molecular complexity index is 656. The van der Waals surface area contributed by atoms with Crippen LogP contribution in [0.2, 0.25) is 0 Å². The molecule has 6 nitrogen and oxygen atoms in total. The maximum Gasteiger partial charge on any atom is 0.315 e. The minimum Gasteiger partial charge on any atom is -0.467 e. The predicted octanol–water partition coefficient (Wildman–Crippen LogP) is 2.65. The van der Waals surface area contributed by atoms with Gasteiger partial charge >= 0.3 is 6.03 Å². The summed E-state index contributed by atoms with van der Waals surface area (Å²) in [5, 5.41) is 15.7. The Kier molecular flexibility index (Phi) is 7.03. The number of nitrogens with zero attached hydrogens (tertiary/aromatic N) is 1. The fourth-order valence-electron chi connectivity index (χ4n) is 2.65. The lowest BCUT2D eigenvalue weighted by Crippen LogP contribution is -2.41. The zero-order chi connectivity index (χ0) is 18.2. The van der Waals surface area contributed by atoms with E-state index in [1.54, 1.807) is 12.1 Å². The highest BCUT2D eigenvalue weighted by molar-refractivity contribution is 5.74. The van der Waals surface area contributed by atoms with Crippen LogP contribution < -0.4 is 10.6 Å². The van der Waals surface area contributed by atoms with E-state index in [2.05, 4.69) is 27.7 Å². The van der Waals surface area contributed by atoms with Gasteiger partial charge in [-0.25, -0.2) is 4.79 Å². The molecule has 0 aliphatic carbocycles. The van der Waals surface area contributed by atoms with Gasteiger partial charge in [0.25, 0.3) is 0 Å². The van der Waals surface area contributed by atoms with Gasteiger partial charge in [-0.2, -0.15) is 0 Å². The molecule has 1 aromatic carbocycles. The van der Waals surface area contributed by atoms with Crippen molar-refractivity contribution in [3.05, 3.63) is 59.5 Å². The summed E-state index contributed by atoms with van der Waals surface area (Å²) in [7, 11) is 4.05. The van der Waals surface area contributed by atoms with Gasteiger partial charge in [0.1, 0.15) is 11.9 Å². The Morgan fingerprint density at radius 3 is 2.68 bits per heavy atom. The molecular weight excluding hydrogens is 318 g/mol. The molecule has 0 aliphatic rings. The first-order valence-electron chi connectivity index (χ1n) is 8.42. The maximum atomic E-state index is 12.0. The molecule has 0 fully saturated rings. The molecule has 6 heteroatoms. The third-order valence-electron chi connectivity index (χ3n) is 3.77. The number of furan rings is 1. The van der Waals surface area contributed by atoms with Gasteiger partial charge < -0.3 is 25.1 Å². The first kappa shape index (κ1) is 19.0. The summed E-state index contributed by atoms with van der Waals surface area (Å²) in [5.74, 6) is 0.506. The van der Waals surface area contributed by atoms with Crippen molar-refractivity contribution in [2.45, 2.75) is 38.6 Å². The van der Waals surface area contributed by atoms with Crippen molar-refractivity contribution in [3.63, 3.8) is 0 Å². The van der Waals surface area contributed by atoms with Crippen LogP contribution in [-0.4, -0.2) is 36.2 Å². The van der Waals surface area contributed by atoms with E-state index in [1.807, 2.05) is 33.2 Å². The van der Waals surface area contributed by atoms with Crippen LogP contribution >= 0.6 is 0 Å². The molecule has 1 aromatic heterocycles. The number of benzene rings is 1. The van der Waals surface area contributed by atoms with Gasteiger partial charge in [0.2, 0.25) is 0 Å². The standard InChI is InChI=1S/C19H27N3O3/c1-14(10-17(23)18-8-5-9-25-18)21-19(24)20-12-15-6-4-7-16(11-15)13-22(2)3/h4-9,11,14,17,23H,10,12-13H2,1-3H3,(H2,20,21,24). The molecule has 2 aromatic rings. The molecule has 0 aliphatic heterocycles. The van der Waals surface area contributed by atoms with Gasteiger partial charge in [0.05, 0.1) is 6.26 Å². The van der Waals surface area contributed by atoms with E-state index in [0.717, 1.165) is 12.1 Å². The van der Waals surface area contributed by atoms with E-state index in [0.29, 0.717) is 18.7 Å². The highest BCUT2D eigenvalue weighted by atomic mass is 16.4. The first-order valence-corrected chi connectivity index (χ1v) is 8.42. The van der Waals surface area contributed by atoms with Crippen molar-refractivity contribution in [2.75, 3.05) is 14.1 Å². The number of nitrogens with one attached hydrogen (secondary N) is 2. The van der Waals surface area contributed by atoms with Gasteiger partial charge in [-0.05, 0) is 44.3 Å². The fraction of sp³-hybridized carbons (Fsp3) is 0.421. The summed E-state index contributed by atoms with van der Waals surface area (Å²) in [6, 6.07) is 11.2. The molecule has 2 amide bonds. The SMILES string of the molecule is CC(CC(O)c1ccco1)NC(=O)NCc1cccc(CN(C)C)c1.